The summed E-state index contributed by atoms with van der Waals surface area (Å²) in [5.74, 6) is 4.32. The number of hydrazine groups is 1. The molecule has 0 amide bonds. The van der Waals surface area contributed by atoms with Gasteiger partial charge in [-0.25, -0.2) is 4.79 Å². The van der Waals surface area contributed by atoms with Gasteiger partial charge in [0.25, 0.3) is 0 Å². The van der Waals surface area contributed by atoms with Gasteiger partial charge < -0.3 is 20.6 Å². The summed E-state index contributed by atoms with van der Waals surface area (Å²) < 4.78 is 4.89. The molecule has 0 aromatic heterocycles. The maximum Gasteiger partial charge on any atom is 0.335 e. The van der Waals surface area contributed by atoms with E-state index in [4.69, 9.17) is 15.7 Å². The molecule has 0 radical (unpaired) electrons. The van der Waals surface area contributed by atoms with Crippen molar-refractivity contribution in [1.29, 1.82) is 0 Å². The van der Waals surface area contributed by atoms with Gasteiger partial charge in [0.2, 0.25) is 0 Å². The number of ether oxygens (including phenoxy) is 1. The Kier molecular flexibility index (Phi) is 4.56. The van der Waals surface area contributed by atoms with Crippen LogP contribution >= 0.6 is 0 Å². The Morgan fingerprint density at radius 3 is 2.81 bits per heavy atom. The number of anilines is 2. The Morgan fingerprint density at radius 1 is 1.50 bits per heavy atom. The van der Waals surface area contributed by atoms with Crippen molar-refractivity contribution < 1.29 is 14.6 Å². The normalized spacial score (nSPS) is 9.88. The third-order valence-electron chi connectivity index (χ3n) is 2.04. The standard InChI is InChI=1S/C10H15N3O3/c1-16-5-4-12-8-3-2-7(10(14)15)6-9(8)13-11/h2-3,6,12-13H,4-5,11H2,1H3,(H,14,15). The molecule has 1 aromatic carbocycles. The second kappa shape index (κ2) is 5.94. The van der Waals surface area contributed by atoms with E-state index < -0.39 is 5.97 Å². The molecule has 0 aliphatic rings. The number of carbonyl (C=O) groups is 1. The highest BCUT2D eigenvalue weighted by molar-refractivity contribution is 5.90. The van der Waals surface area contributed by atoms with Gasteiger partial charge in [-0.1, -0.05) is 0 Å². The van der Waals surface area contributed by atoms with E-state index in [1.54, 1.807) is 13.2 Å². The first kappa shape index (κ1) is 12.3. The first-order valence-corrected chi connectivity index (χ1v) is 4.75. The number of methoxy groups -OCH3 is 1. The highest BCUT2D eigenvalue weighted by Crippen LogP contribution is 2.22. The lowest BCUT2D eigenvalue weighted by molar-refractivity contribution is 0.0697. The molecule has 0 aliphatic carbocycles. The number of aromatic carboxylic acids is 1. The number of nitrogens with one attached hydrogen (secondary N) is 2. The van der Waals surface area contributed by atoms with E-state index in [2.05, 4.69) is 10.7 Å². The zero-order valence-electron chi connectivity index (χ0n) is 8.99. The molecule has 1 rings (SSSR count). The average molecular weight is 225 g/mol. The Balaban J connectivity index is 2.80. The molecule has 16 heavy (non-hydrogen) atoms. The number of benzene rings is 1. The van der Waals surface area contributed by atoms with Crippen LogP contribution in [0.3, 0.4) is 0 Å². The Hall–Kier alpha value is -1.79. The van der Waals surface area contributed by atoms with Crippen LogP contribution in [0.5, 0.6) is 0 Å². The maximum absolute atomic E-state index is 10.7. The molecule has 0 saturated heterocycles. The summed E-state index contributed by atoms with van der Waals surface area (Å²) in [5, 5.41) is 11.9. The molecule has 6 heteroatoms. The molecule has 6 nitrogen and oxygen atoms in total. The summed E-state index contributed by atoms with van der Waals surface area (Å²) in [6, 6.07) is 4.64. The first-order valence-electron chi connectivity index (χ1n) is 4.75. The number of nitrogens with two attached hydrogens (primary N) is 1. The third kappa shape index (κ3) is 3.11. The van der Waals surface area contributed by atoms with Gasteiger partial charge in [-0.3, -0.25) is 5.84 Å². The van der Waals surface area contributed by atoms with Crippen LogP contribution in [0, 0.1) is 0 Å². The minimum atomic E-state index is -0.986. The highest BCUT2D eigenvalue weighted by atomic mass is 16.5. The van der Waals surface area contributed by atoms with Crippen LogP contribution < -0.4 is 16.6 Å². The maximum atomic E-state index is 10.7. The van der Waals surface area contributed by atoms with Crippen molar-refractivity contribution in [3.63, 3.8) is 0 Å². The van der Waals surface area contributed by atoms with Crippen LogP contribution in [-0.4, -0.2) is 31.3 Å². The van der Waals surface area contributed by atoms with E-state index in [9.17, 15) is 4.79 Å². The van der Waals surface area contributed by atoms with Crippen LogP contribution in [0.25, 0.3) is 0 Å². The van der Waals surface area contributed by atoms with Gasteiger partial charge in [0.1, 0.15) is 0 Å². The SMILES string of the molecule is COCCNc1ccc(C(=O)O)cc1NN. The molecule has 5 N–H and O–H groups in total. The predicted molar refractivity (Wildman–Crippen MR) is 61.6 cm³/mol. The Labute approximate surface area is 93.4 Å². The zero-order valence-corrected chi connectivity index (χ0v) is 8.99. The lowest BCUT2D eigenvalue weighted by atomic mass is 10.1. The van der Waals surface area contributed by atoms with Crippen molar-refractivity contribution in [2.75, 3.05) is 31.0 Å². The summed E-state index contributed by atoms with van der Waals surface area (Å²) in [7, 11) is 1.61. The lowest BCUT2D eigenvalue weighted by Gasteiger charge is -2.11. The van der Waals surface area contributed by atoms with E-state index in [0.717, 1.165) is 5.69 Å². The summed E-state index contributed by atoms with van der Waals surface area (Å²) in [6.07, 6.45) is 0. The molecule has 88 valence electrons. The van der Waals surface area contributed by atoms with Crippen LogP contribution in [0.1, 0.15) is 10.4 Å². The topological polar surface area (TPSA) is 96.6 Å². The molecule has 0 spiro atoms. The summed E-state index contributed by atoms with van der Waals surface area (Å²) in [4.78, 5) is 10.7. The summed E-state index contributed by atoms with van der Waals surface area (Å²) in [5.41, 5.74) is 3.91. The molecule has 0 aliphatic heterocycles. The van der Waals surface area contributed by atoms with E-state index in [0.29, 0.717) is 18.8 Å². The molecule has 0 heterocycles. The quantitative estimate of drug-likeness (QED) is 0.324. The fourth-order valence-electron chi connectivity index (χ4n) is 1.24. The van der Waals surface area contributed by atoms with E-state index >= 15 is 0 Å². The van der Waals surface area contributed by atoms with Gasteiger partial charge in [-0.2, -0.15) is 0 Å². The molecule has 0 atom stereocenters. The predicted octanol–water partition coefficient (Wildman–Crippen LogP) is 0.729. The molecule has 0 bridgehead atoms. The van der Waals surface area contributed by atoms with Crippen LogP contribution in [0.4, 0.5) is 11.4 Å². The van der Waals surface area contributed by atoms with Gasteiger partial charge >= 0.3 is 5.97 Å². The monoisotopic (exact) mass is 225 g/mol. The van der Waals surface area contributed by atoms with Crippen LogP contribution in [0.15, 0.2) is 18.2 Å². The summed E-state index contributed by atoms with van der Waals surface area (Å²) >= 11 is 0. The molecule has 1 aromatic rings. The fourth-order valence-corrected chi connectivity index (χ4v) is 1.24. The van der Waals surface area contributed by atoms with Crippen LogP contribution in [-0.2, 0) is 4.74 Å². The van der Waals surface area contributed by atoms with Crippen molar-refractivity contribution in [2.24, 2.45) is 5.84 Å². The third-order valence-corrected chi connectivity index (χ3v) is 2.04. The second-order valence-corrected chi connectivity index (χ2v) is 3.13. The average Bonchev–Trinajstić information content (AvgIpc) is 2.29. The summed E-state index contributed by atoms with van der Waals surface area (Å²) in [6.45, 7) is 1.18. The fraction of sp³-hybridized carbons (Fsp3) is 0.300. The number of rotatable bonds is 6. The van der Waals surface area contributed by atoms with Gasteiger partial charge in [-0.15, -0.1) is 0 Å². The van der Waals surface area contributed by atoms with Crippen molar-refractivity contribution >= 4 is 17.3 Å². The molecule has 0 fully saturated rings. The van der Waals surface area contributed by atoms with Gasteiger partial charge in [0.05, 0.1) is 23.5 Å². The van der Waals surface area contributed by atoms with Crippen LogP contribution in [0.2, 0.25) is 0 Å². The van der Waals surface area contributed by atoms with E-state index in [-0.39, 0.29) is 5.56 Å². The smallest absolute Gasteiger partial charge is 0.335 e. The number of hydrogen-bond acceptors (Lipinski definition) is 5. The van der Waals surface area contributed by atoms with E-state index in [1.165, 1.54) is 12.1 Å². The number of carboxylic acids is 1. The number of nitrogen functional groups attached to an aromatic ring is 1. The minimum Gasteiger partial charge on any atom is -0.478 e. The van der Waals surface area contributed by atoms with Gasteiger partial charge in [0, 0.05) is 13.7 Å². The van der Waals surface area contributed by atoms with Gasteiger partial charge in [-0.05, 0) is 18.2 Å². The highest BCUT2D eigenvalue weighted by Gasteiger charge is 2.07. The molecular formula is C10H15N3O3. The van der Waals surface area contributed by atoms with Crippen molar-refractivity contribution in [1.82, 2.24) is 0 Å². The lowest BCUT2D eigenvalue weighted by Crippen LogP contribution is -2.14. The first-order chi connectivity index (χ1) is 7.69. The molecule has 0 saturated carbocycles. The number of hydrogen-bond donors (Lipinski definition) is 4. The van der Waals surface area contributed by atoms with Crippen molar-refractivity contribution in [3.8, 4) is 0 Å². The largest absolute Gasteiger partial charge is 0.478 e. The molecule has 0 unspecified atom stereocenters. The minimum absolute atomic E-state index is 0.185. The Bertz CT molecular complexity index is 368. The Morgan fingerprint density at radius 2 is 2.25 bits per heavy atom. The number of carboxylic acid groups (broad SMARTS) is 1. The molecular weight excluding hydrogens is 210 g/mol. The van der Waals surface area contributed by atoms with Gasteiger partial charge in [0.15, 0.2) is 0 Å². The van der Waals surface area contributed by atoms with E-state index in [1.807, 2.05) is 0 Å². The van der Waals surface area contributed by atoms with Crippen molar-refractivity contribution in [3.05, 3.63) is 23.8 Å². The zero-order chi connectivity index (χ0) is 12.0. The van der Waals surface area contributed by atoms with Crippen molar-refractivity contribution in [2.45, 2.75) is 0 Å². The second-order valence-electron chi connectivity index (χ2n) is 3.13.